The van der Waals surface area contributed by atoms with E-state index >= 15 is 0 Å². The number of hydrogen-bond donors (Lipinski definition) is 0. The van der Waals surface area contributed by atoms with Gasteiger partial charge in [-0.2, -0.15) is 0 Å². The number of aromatic nitrogens is 2. The monoisotopic (exact) mass is 356 g/mol. The van der Waals surface area contributed by atoms with Crippen LogP contribution in [0.5, 0.6) is 5.75 Å². The molecule has 1 amide bonds. The van der Waals surface area contributed by atoms with E-state index in [0.717, 1.165) is 36.9 Å². The lowest BCUT2D eigenvalue weighted by atomic mass is 10.2. The summed E-state index contributed by atoms with van der Waals surface area (Å²) >= 11 is 0. The molecular formula is C19H24N4O3. The first-order valence-electron chi connectivity index (χ1n) is 8.92. The molecule has 0 aliphatic carbocycles. The number of likely N-dealkylation sites (tertiary alicyclic amines) is 1. The van der Waals surface area contributed by atoms with Gasteiger partial charge in [0, 0.05) is 38.2 Å². The van der Waals surface area contributed by atoms with Gasteiger partial charge >= 0.3 is 0 Å². The van der Waals surface area contributed by atoms with Crippen molar-refractivity contribution in [1.29, 1.82) is 0 Å². The average Bonchev–Trinajstić information content (AvgIpc) is 3.25. The number of likely N-dealkylation sites (N-methyl/N-ethyl adjacent to an activating group) is 1. The molecule has 1 aromatic heterocycles. The fourth-order valence-corrected chi connectivity index (χ4v) is 3.79. The zero-order chi connectivity index (χ0) is 18.1. The molecule has 4 rings (SSSR count). The summed E-state index contributed by atoms with van der Waals surface area (Å²) in [7, 11) is 3.55. The first-order chi connectivity index (χ1) is 12.7. The number of nitrogens with zero attached hydrogens (tertiary/aromatic N) is 4. The standard InChI is InChI=1S/C19H24N4O3/c1-21-16-11-22(12-17(16)26-10-7-19(21)24)13-18-20-8-9-23(18)14-3-5-15(25-2)6-4-14/h3-6,8-9,16-17H,7,10-13H2,1-2H3/t16-,17-/m0/s1. The van der Waals surface area contributed by atoms with Gasteiger partial charge in [-0.3, -0.25) is 9.69 Å². The van der Waals surface area contributed by atoms with Gasteiger partial charge in [0.25, 0.3) is 0 Å². The van der Waals surface area contributed by atoms with Crippen molar-refractivity contribution >= 4 is 5.91 Å². The number of carbonyl (C=O) groups excluding carboxylic acids is 1. The highest BCUT2D eigenvalue weighted by atomic mass is 16.5. The van der Waals surface area contributed by atoms with Crippen LogP contribution in [0.4, 0.5) is 0 Å². The number of fused-ring (bicyclic) bond motifs is 1. The van der Waals surface area contributed by atoms with E-state index < -0.39 is 0 Å². The van der Waals surface area contributed by atoms with Gasteiger partial charge in [-0.05, 0) is 24.3 Å². The van der Waals surface area contributed by atoms with Crippen molar-refractivity contribution in [3.05, 3.63) is 42.5 Å². The number of carbonyl (C=O) groups is 1. The van der Waals surface area contributed by atoms with Crippen LogP contribution in [0, 0.1) is 0 Å². The summed E-state index contributed by atoms with van der Waals surface area (Å²) in [6.07, 6.45) is 4.35. The van der Waals surface area contributed by atoms with Crippen LogP contribution in [-0.2, 0) is 16.1 Å². The van der Waals surface area contributed by atoms with Crippen molar-refractivity contribution < 1.29 is 14.3 Å². The van der Waals surface area contributed by atoms with Gasteiger partial charge in [-0.25, -0.2) is 4.98 Å². The first-order valence-corrected chi connectivity index (χ1v) is 8.92. The first kappa shape index (κ1) is 17.1. The van der Waals surface area contributed by atoms with E-state index in [1.165, 1.54) is 0 Å². The molecule has 0 bridgehead atoms. The van der Waals surface area contributed by atoms with Crippen molar-refractivity contribution in [2.45, 2.75) is 25.1 Å². The molecular weight excluding hydrogens is 332 g/mol. The third-order valence-corrected chi connectivity index (χ3v) is 5.28. The number of amides is 1. The minimum atomic E-state index is 0.0795. The molecule has 1 aromatic carbocycles. The van der Waals surface area contributed by atoms with E-state index in [4.69, 9.17) is 9.47 Å². The van der Waals surface area contributed by atoms with E-state index in [-0.39, 0.29) is 18.1 Å². The second-order valence-corrected chi connectivity index (χ2v) is 6.84. The van der Waals surface area contributed by atoms with Gasteiger partial charge in [0.05, 0.1) is 38.8 Å². The Morgan fingerprint density at radius 3 is 2.85 bits per heavy atom. The van der Waals surface area contributed by atoms with Crippen molar-refractivity contribution in [2.75, 3.05) is 33.9 Å². The van der Waals surface area contributed by atoms with Crippen LogP contribution in [0.2, 0.25) is 0 Å². The van der Waals surface area contributed by atoms with E-state index in [1.807, 2.05) is 48.6 Å². The summed E-state index contributed by atoms with van der Waals surface area (Å²) < 4.78 is 13.2. The second-order valence-electron chi connectivity index (χ2n) is 6.84. The highest BCUT2D eigenvalue weighted by Crippen LogP contribution is 2.24. The van der Waals surface area contributed by atoms with E-state index in [1.54, 1.807) is 7.11 Å². The Morgan fingerprint density at radius 2 is 2.08 bits per heavy atom. The van der Waals surface area contributed by atoms with Crippen LogP contribution in [0.15, 0.2) is 36.7 Å². The van der Waals surface area contributed by atoms with E-state index in [0.29, 0.717) is 13.0 Å². The van der Waals surface area contributed by atoms with Crippen molar-refractivity contribution in [2.24, 2.45) is 0 Å². The van der Waals surface area contributed by atoms with Gasteiger partial charge in [0.2, 0.25) is 5.91 Å². The zero-order valence-electron chi connectivity index (χ0n) is 15.2. The van der Waals surface area contributed by atoms with Crippen LogP contribution < -0.4 is 4.74 Å². The Labute approximate surface area is 153 Å². The molecule has 138 valence electrons. The fourth-order valence-electron chi connectivity index (χ4n) is 3.79. The van der Waals surface area contributed by atoms with Crippen LogP contribution in [-0.4, -0.2) is 71.3 Å². The number of ether oxygens (including phenoxy) is 2. The molecule has 2 fully saturated rings. The topological polar surface area (TPSA) is 59.8 Å². The lowest BCUT2D eigenvalue weighted by Crippen LogP contribution is -2.42. The fraction of sp³-hybridized carbons (Fsp3) is 0.474. The normalized spacial score (nSPS) is 23.8. The molecule has 0 unspecified atom stereocenters. The maximum atomic E-state index is 12.1. The molecule has 7 heteroatoms. The van der Waals surface area contributed by atoms with Gasteiger partial charge in [-0.15, -0.1) is 0 Å². The predicted octanol–water partition coefficient (Wildman–Crippen LogP) is 1.31. The minimum Gasteiger partial charge on any atom is -0.497 e. The molecule has 2 aliphatic rings. The molecule has 0 spiro atoms. The molecule has 2 aliphatic heterocycles. The summed E-state index contributed by atoms with van der Waals surface area (Å²) in [5, 5.41) is 0. The van der Waals surface area contributed by atoms with Crippen LogP contribution in [0.25, 0.3) is 5.69 Å². The summed E-state index contributed by atoms with van der Waals surface area (Å²) in [5.41, 5.74) is 1.05. The molecule has 0 radical (unpaired) electrons. The number of benzene rings is 1. The van der Waals surface area contributed by atoms with Crippen molar-refractivity contribution in [3.63, 3.8) is 0 Å². The molecule has 0 N–H and O–H groups in total. The summed E-state index contributed by atoms with van der Waals surface area (Å²) in [6, 6.07) is 8.05. The number of methoxy groups -OCH3 is 1. The van der Waals surface area contributed by atoms with Crippen molar-refractivity contribution in [3.8, 4) is 11.4 Å². The Hall–Kier alpha value is -2.38. The van der Waals surface area contributed by atoms with Crippen LogP contribution in [0.1, 0.15) is 12.2 Å². The predicted molar refractivity (Wildman–Crippen MR) is 96.3 cm³/mol. The maximum Gasteiger partial charge on any atom is 0.225 e. The zero-order valence-corrected chi connectivity index (χ0v) is 15.2. The van der Waals surface area contributed by atoms with Crippen LogP contribution >= 0.6 is 0 Å². The Balaban J connectivity index is 1.49. The molecule has 2 atom stereocenters. The average molecular weight is 356 g/mol. The Morgan fingerprint density at radius 1 is 1.27 bits per heavy atom. The third-order valence-electron chi connectivity index (χ3n) is 5.28. The van der Waals surface area contributed by atoms with E-state index in [9.17, 15) is 4.79 Å². The number of imidazole rings is 1. The smallest absolute Gasteiger partial charge is 0.225 e. The minimum absolute atomic E-state index is 0.0795. The Bertz CT molecular complexity index is 773. The lowest BCUT2D eigenvalue weighted by Gasteiger charge is -2.25. The van der Waals surface area contributed by atoms with Crippen molar-refractivity contribution in [1.82, 2.24) is 19.4 Å². The van der Waals surface area contributed by atoms with Gasteiger partial charge in [-0.1, -0.05) is 0 Å². The van der Waals surface area contributed by atoms with E-state index in [2.05, 4.69) is 14.5 Å². The lowest BCUT2D eigenvalue weighted by molar-refractivity contribution is -0.131. The second kappa shape index (κ2) is 7.09. The summed E-state index contributed by atoms with van der Waals surface area (Å²) in [5.74, 6) is 1.97. The quantitative estimate of drug-likeness (QED) is 0.827. The van der Waals surface area contributed by atoms with Crippen LogP contribution in [0.3, 0.4) is 0 Å². The molecule has 2 aromatic rings. The summed E-state index contributed by atoms with van der Waals surface area (Å²) in [6.45, 7) is 2.86. The Kier molecular flexibility index (Phi) is 4.65. The number of rotatable bonds is 4. The molecule has 7 nitrogen and oxygen atoms in total. The molecule has 3 heterocycles. The highest BCUT2D eigenvalue weighted by Gasteiger charge is 2.39. The van der Waals surface area contributed by atoms with Gasteiger partial charge in [0.1, 0.15) is 11.6 Å². The third kappa shape index (κ3) is 3.20. The molecule has 26 heavy (non-hydrogen) atoms. The number of hydrogen-bond acceptors (Lipinski definition) is 5. The SMILES string of the molecule is COc1ccc(-n2ccnc2CN2C[C@@H]3OCCC(=O)N(C)[C@H]3C2)cc1. The summed E-state index contributed by atoms with van der Waals surface area (Å²) in [4.78, 5) is 20.8. The molecule has 2 saturated heterocycles. The van der Waals surface area contributed by atoms with Gasteiger partial charge < -0.3 is 18.9 Å². The molecule has 0 saturated carbocycles. The van der Waals surface area contributed by atoms with Gasteiger partial charge in [0.15, 0.2) is 0 Å². The maximum absolute atomic E-state index is 12.1. The largest absolute Gasteiger partial charge is 0.497 e. The highest BCUT2D eigenvalue weighted by molar-refractivity contribution is 5.76.